The van der Waals surface area contributed by atoms with Gasteiger partial charge in [-0.05, 0) is 55.0 Å². The Morgan fingerprint density at radius 1 is 1.10 bits per heavy atom. The quantitative estimate of drug-likeness (QED) is 0.782. The molecule has 0 saturated heterocycles. The van der Waals surface area contributed by atoms with Crippen LogP contribution in [0, 0.1) is 11.6 Å². The zero-order valence-corrected chi connectivity index (χ0v) is 11.1. The van der Waals surface area contributed by atoms with Crippen molar-refractivity contribution in [3.05, 3.63) is 52.7 Å². The molecule has 0 spiro atoms. The minimum absolute atomic E-state index is 0.0641. The zero-order valence-electron chi connectivity index (χ0n) is 11.1. The van der Waals surface area contributed by atoms with Crippen molar-refractivity contribution >= 4 is 6.04 Å². The van der Waals surface area contributed by atoms with Crippen molar-refractivity contribution in [3.8, 4) is 11.3 Å². The van der Waals surface area contributed by atoms with Gasteiger partial charge in [0.25, 0.3) is 0 Å². The Kier molecular flexibility index (Phi) is 3.49. The number of hydrogen-bond donors (Lipinski definition) is 0. The number of rotatable bonds is 2. The van der Waals surface area contributed by atoms with E-state index in [4.69, 9.17) is 0 Å². The molecule has 1 heterocycles. The first-order valence-corrected chi connectivity index (χ1v) is 6.74. The van der Waals surface area contributed by atoms with E-state index in [1.165, 1.54) is 6.07 Å². The van der Waals surface area contributed by atoms with Crippen LogP contribution in [0.25, 0.3) is 11.3 Å². The number of aromatic nitrogens is 1. The van der Waals surface area contributed by atoms with Crippen LogP contribution < -0.4 is 0 Å². The molecule has 0 unspecified atom stereocenters. The first-order chi connectivity index (χ1) is 10.1. The van der Waals surface area contributed by atoms with Crippen LogP contribution in [0.2, 0.25) is 0 Å². The van der Waals surface area contributed by atoms with E-state index in [1.54, 1.807) is 12.3 Å². The molecule has 3 rings (SSSR count). The van der Waals surface area contributed by atoms with Crippen LogP contribution in [0.3, 0.4) is 0 Å². The van der Waals surface area contributed by atoms with Crippen molar-refractivity contribution in [1.29, 1.82) is 0 Å². The molecule has 0 amide bonds. The Morgan fingerprint density at radius 3 is 2.52 bits per heavy atom. The Hall–Kier alpha value is -2.17. The van der Waals surface area contributed by atoms with Crippen LogP contribution in [0.15, 0.2) is 24.4 Å². The molecule has 1 aromatic carbocycles. The molecule has 108 valence electrons. The second-order valence-electron chi connectivity index (χ2n) is 5.10. The molecule has 0 radical (unpaired) electrons. The molecule has 0 saturated carbocycles. The summed E-state index contributed by atoms with van der Waals surface area (Å²) in [5, 5.41) is 0. The number of pyridine rings is 1. The van der Waals surface area contributed by atoms with Crippen LogP contribution >= 0.6 is 0 Å². The van der Waals surface area contributed by atoms with Crippen LogP contribution in [-0.2, 0) is 12.8 Å². The summed E-state index contributed by atoms with van der Waals surface area (Å²) in [7, 11) is 0. The van der Waals surface area contributed by atoms with E-state index < -0.39 is 23.2 Å². The lowest BCUT2D eigenvalue weighted by molar-refractivity contribution is 0.0826. The number of fused-ring (bicyclic) bond motifs is 1. The second kappa shape index (κ2) is 5.31. The molecule has 0 bridgehead atoms. The highest BCUT2D eigenvalue weighted by Gasteiger charge is 2.22. The summed E-state index contributed by atoms with van der Waals surface area (Å²) in [4.78, 5) is 14.9. The number of aryl methyl sites for hydroxylation is 2. The highest BCUT2D eigenvalue weighted by Crippen LogP contribution is 2.29. The highest BCUT2D eigenvalue weighted by molar-refractivity contribution is 5.90. The van der Waals surface area contributed by atoms with E-state index >= 15 is 0 Å². The van der Waals surface area contributed by atoms with Gasteiger partial charge in [0.05, 0.1) is 5.69 Å². The first kappa shape index (κ1) is 13.8. The van der Waals surface area contributed by atoms with Gasteiger partial charge < -0.3 is 0 Å². The lowest BCUT2D eigenvalue weighted by Crippen LogP contribution is -2.06. The maximum Gasteiger partial charge on any atom is 0.338 e. The van der Waals surface area contributed by atoms with Crippen molar-refractivity contribution in [2.24, 2.45) is 0 Å². The summed E-state index contributed by atoms with van der Waals surface area (Å²) in [6, 6.07) is 1.67. The summed E-state index contributed by atoms with van der Waals surface area (Å²) < 4.78 is 40.3. The van der Waals surface area contributed by atoms with E-state index in [0.29, 0.717) is 0 Å². The molecule has 1 aromatic heterocycles. The smallest absolute Gasteiger partial charge is 0.256 e. The van der Waals surface area contributed by atoms with Crippen molar-refractivity contribution in [2.45, 2.75) is 25.7 Å². The van der Waals surface area contributed by atoms with Gasteiger partial charge in [0.15, 0.2) is 0 Å². The van der Waals surface area contributed by atoms with E-state index in [2.05, 4.69) is 4.98 Å². The molecule has 0 atom stereocenters. The number of benzene rings is 1. The molecule has 5 heteroatoms. The summed E-state index contributed by atoms with van der Waals surface area (Å²) in [6.45, 7) is 0. The molecule has 2 aromatic rings. The van der Waals surface area contributed by atoms with Gasteiger partial charge in [0, 0.05) is 11.8 Å². The van der Waals surface area contributed by atoms with Gasteiger partial charge in [0.2, 0.25) is 0 Å². The SMILES string of the molecule is O=C(F)c1c(F)ccc(-c2cc3c(cn2)CCCC3)c1F. The van der Waals surface area contributed by atoms with Crippen molar-refractivity contribution in [1.82, 2.24) is 4.98 Å². The minimum atomic E-state index is -2.12. The molecule has 21 heavy (non-hydrogen) atoms. The lowest BCUT2D eigenvalue weighted by Gasteiger charge is -2.16. The van der Waals surface area contributed by atoms with Crippen molar-refractivity contribution < 1.29 is 18.0 Å². The fraction of sp³-hybridized carbons (Fsp3) is 0.250. The number of nitrogens with zero attached hydrogens (tertiary/aromatic N) is 1. The predicted octanol–water partition coefficient (Wildman–Crippen LogP) is 4.02. The summed E-state index contributed by atoms with van der Waals surface area (Å²) in [5.74, 6) is -2.41. The van der Waals surface area contributed by atoms with Crippen LogP contribution in [0.4, 0.5) is 13.2 Å². The second-order valence-corrected chi connectivity index (χ2v) is 5.10. The molecule has 0 fully saturated rings. The minimum Gasteiger partial charge on any atom is -0.256 e. The number of carbonyl (C=O) groups is 1. The largest absolute Gasteiger partial charge is 0.338 e. The molecule has 2 nitrogen and oxygen atoms in total. The summed E-state index contributed by atoms with van der Waals surface area (Å²) >= 11 is 0. The lowest BCUT2D eigenvalue weighted by atomic mass is 9.92. The first-order valence-electron chi connectivity index (χ1n) is 6.74. The van der Waals surface area contributed by atoms with Gasteiger partial charge in [-0.2, -0.15) is 4.39 Å². The Morgan fingerprint density at radius 2 is 1.81 bits per heavy atom. The standard InChI is InChI=1S/C16H12F3NO/c17-12-6-5-11(15(18)14(12)16(19)21)13-7-9-3-1-2-4-10(9)8-20-13/h5-8H,1-4H2. The van der Waals surface area contributed by atoms with Gasteiger partial charge in [0.1, 0.15) is 17.2 Å². The van der Waals surface area contributed by atoms with Crippen LogP contribution in [0.5, 0.6) is 0 Å². The van der Waals surface area contributed by atoms with Gasteiger partial charge in [-0.1, -0.05) is 0 Å². The fourth-order valence-electron chi connectivity index (χ4n) is 2.69. The maximum absolute atomic E-state index is 14.2. The number of halogens is 3. The van der Waals surface area contributed by atoms with Gasteiger partial charge in [-0.3, -0.25) is 9.78 Å². The third-order valence-corrected chi connectivity index (χ3v) is 3.79. The van der Waals surface area contributed by atoms with E-state index in [0.717, 1.165) is 42.9 Å². The average Bonchev–Trinajstić information content (AvgIpc) is 2.46. The van der Waals surface area contributed by atoms with Crippen LogP contribution in [-0.4, -0.2) is 11.0 Å². The Labute approximate surface area is 119 Å². The van der Waals surface area contributed by atoms with E-state index in [-0.39, 0.29) is 11.3 Å². The molecule has 0 N–H and O–H groups in total. The summed E-state index contributed by atoms with van der Waals surface area (Å²) in [6.07, 6.45) is 5.63. The predicted molar refractivity (Wildman–Crippen MR) is 71.7 cm³/mol. The molecule has 1 aliphatic carbocycles. The normalized spacial score (nSPS) is 13.9. The third-order valence-electron chi connectivity index (χ3n) is 3.79. The number of hydrogen-bond acceptors (Lipinski definition) is 2. The van der Waals surface area contributed by atoms with Crippen molar-refractivity contribution in [2.75, 3.05) is 0 Å². The third kappa shape index (κ3) is 2.44. The Bertz CT molecular complexity index is 728. The zero-order chi connectivity index (χ0) is 15.0. The highest BCUT2D eigenvalue weighted by atomic mass is 19.2. The van der Waals surface area contributed by atoms with Gasteiger partial charge in [-0.25, -0.2) is 8.78 Å². The molecule has 1 aliphatic rings. The summed E-state index contributed by atoms with van der Waals surface area (Å²) in [5.41, 5.74) is 1.26. The molecular formula is C16H12F3NO. The molecule has 0 aliphatic heterocycles. The van der Waals surface area contributed by atoms with Gasteiger partial charge >= 0.3 is 6.04 Å². The van der Waals surface area contributed by atoms with E-state index in [9.17, 15) is 18.0 Å². The van der Waals surface area contributed by atoms with Gasteiger partial charge in [-0.15, -0.1) is 0 Å². The topological polar surface area (TPSA) is 30.0 Å². The Balaban J connectivity index is 2.13. The van der Waals surface area contributed by atoms with Crippen molar-refractivity contribution in [3.63, 3.8) is 0 Å². The fourth-order valence-corrected chi connectivity index (χ4v) is 2.69. The maximum atomic E-state index is 14.2. The number of carbonyl (C=O) groups excluding carboxylic acids is 1. The monoisotopic (exact) mass is 291 g/mol. The molecular weight excluding hydrogens is 279 g/mol. The van der Waals surface area contributed by atoms with E-state index in [1.807, 2.05) is 0 Å². The average molecular weight is 291 g/mol. The van der Waals surface area contributed by atoms with Crippen LogP contribution in [0.1, 0.15) is 34.3 Å².